The summed E-state index contributed by atoms with van der Waals surface area (Å²) in [5.41, 5.74) is 2.41. The lowest BCUT2D eigenvalue weighted by atomic mass is 10.1. The first-order valence-electron chi connectivity index (χ1n) is 5.31. The lowest BCUT2D eigenvalue weighted by Crippen LogP contribution is -2.25. The van der Waals surface area contributed by atoms with Crippen molar-refractivity contribution in [3.05, 3.63) is 49.3 Å². The van der Waals surface area contributed by atoms with Gasteiger partial charge in [0.1, 0.15) is 0 Å². The predicted molar refractivity (Wildman–Crippen MR) is 67.0 cm³/mol. The Hall–Kier alpha value is -2.09. The maximum Gasteiger partial charge on any atom is 0.249 e. The lowest BCUT2D eigenvalue weighted by Gasteiger charge is -1.96. The first-order chi connectivity index (χ1) is 7.79. The molecule has 0 unspecified atom stereocenters. The van der Waals surface area contributed by atoms with Crippen LogP contribution in [0.15, 0.2) is 49.3 Å². The highest BCUT2D eigenvalue weighted by Gasteiger charge is 2.11. The van der Waals surface area contributed by atoms with E-state index in [0.717, 1.165) is 0 Å². The fourth-order valence-corrected chi connectivity index (χ4v) is 2.16. The molecule has 0 amide bonds. The highest BCUT2D eigenvalue weighted by atomic mass is 15.1. The van der Waals surface area contributed by atoms with Gasteiger partial charge in [-0.2, -0.15) is 0 Å². The summed E-state index contributed by atoms with van der Waals surface area (Å²) in [6.45, 7) is 3.82. The fourth-order valence-electron chi connectivity index (χ4n) is 2.16. The highest BCUT2D eigenvalue weighted by Crippen LogP contribution is 2.20. The van der Waals surface area contributed by atoms with Crippen LogP contribution < -0.4 is 4.57 Å². The topological polar surface area (TPSA) is 8.81 Å². The first-order valence-corrected chi connectivity index (χ1v) is 5.31. The molecule has 0 fully saturated rings. The summed E-state index contributed by atoms with van der Waals surface area (Å²) in [6.07, 6.45) is 3.87. The number of hydrogen-bond donors (Lipinski definition) is 0. The fraction of sp³-hybridized carbons (Fsp3) is 0.0714. The van der Waals surface area contributed by atoms with Crippen LogP contribution in [0.3, 0.4) is 0 Å². The Balaban J connectivity index is 2.53. The van der Waals surface area contributed by atoms with Crippen LogP contribution in [0.5, 0.6) is 0 Å². The third-order valence-corrected chi connectivity index (χ3v) is 3.00. The van der Waals surface area contributed by atoms with Crippen LogP contribution in [0.25, 0.3) is 28.0 Å². The van der Waals surface area contributed by atoms with Crippen LogP contribution in [0.4, 0.5) is 0 Å². The standard InChI is InChI=1S/C14H13N2/c1-3-16-10-15(2)13-8-11-6-4-5-7-12(11)9-14(13)16/h3-10H,1H2,2H3/q+1. The van der Waals surface area contributed by atoms with Crippen LogP contribution in [0.2, 0.25) is 0 Å². The van der Waals surface area contributed by atoms with Crippen molar-refractivity contribution in [2.75, 3.05) is 0 Å². The molecule has 0 radical (unpaired) electrons. The number of nitrogens with zero attached hydrogens (tertiary/aromatic N) is 2. The van der Waals surface area contributed by atoms with E-state index in [4.69, 9.17) is 0 Å². The molecule has 2 nitrogen and oxygen atoms in total. The number of hydrogen-bond acceptors (Lipinski definition) is 0. The summed E-state index contributed by atoms with van der Waals surface area (Å²) in [5, 5.41) is 2.53. The summed E-state index contributed by atoms with van der Waals surface area (Å²) < 4.78 is 4.16. The molecular formula is C14H13N2+. The molecule has 2 heteroatoms. The summed E-state index contributed by atoms with van der Waals surface area (Å²) in [4.78, 5) is 0. The van der Waals surface area contributed by atoms with Gasteiger partial charge in [0.2, 0.25) is 6.33 Å². The maximum atomic E-state index is 3.82. The number of aryl methyl sites for hydroxylation is 1. The molecule has 0 aliphatic carbocycles. The minimum atomic E-state index is 1.19. The lowest BCUT2D eigenvalue weighted by molar-refractivity contribution is -0.645. The molecule has 0 spiro atoms. The Kier molecular flexibility index (Phi) is 1.83. The normalized spacial score (nSPS) is 11.1. The van der Waals surface area contributed by atoms with Crippen molar-refractivity contribution in [3.63, 3.8) is 0 Å². The molecule has 0 aliphatic rings. The third-order valence-electron chi connectivity index (χ3n) is 3.00. The maximum absolute atomic E-state index is 3.82. The van der Waals surface area contributed by atoms with Crippen molar-refractivity contribution in [2.24, 2.45) is 7.05 Å². The van der Waals surface area contributed by atoms with E-state index in [-0.39, 0.29) is 0 Å². The number of fused-ring (bicyclic) bond motifs is 2. The van der Waals surface area contributed by atoms with Crippen molar-refractivity contribution in [2.45, 2.75) is 0 Å². The first kappa shape index (κ1) is 9.16. The quantitative estimate of drug-likeness (QED) is 0.545. The molecule has 78 valence electrons. The predicted octanol–water partition coefficient (Wildman–Crippen LogP) is 2.72. The van der Waals surface area contributed by atoms with Crippen molar-refractivity contribution in [3.8, 4) is 0 Å². The Labute approximate surface area is 94.0 Å². The molecule has 0 bridgehead atoms. The molecule has 0 N–H and O–H groups in total. The number of rotatable bonds is 1. The molecule has 3 rings (SSSR count). The van der Waals surface area contributed by atoms with Gasteiger partial charge < -0.3 is 0 Å². The van der Waals surface area contributed by atoms with E-state index in [1.807, 2.05) is 17.1 Å². The highest BCUT2D eigenvalue weighted by molar-refractivity contribution is 5.94. The van der Waals surface area contributed by atoms with E-state index in [1.54, 1.807) is 0 Å². The molecule has 0 aliphatic heterocycles. The van der Waals surface area contributed by atoms with Gasteiger partial charge in [0.25, 0.3) is 0 Å². The van der Waals surface area contributed by atoms with Crippen LogP contribution in [-0.4, -0.2) is 4.57 Å². The smallest absolute Gasteiger partial charge is 0.232 e. The second-order valence-corrected chi connectivity index (χ2v) is 4.00. The number of aromatic nitrogens is 2. The summed E-state index contributed by atoms with van der Waals surface area (Å²) in [5.74, 6) is 0. The minimum absolute atomic E-state index is 1.19. The molecule has 1 heterocycles. The van der Waals surface area contributed by atoms with E-state index in [1.165, 1.54) is 21.8 Å². The molecule has 3 aromatic rings. The zero-order valence-corrected chi connectivity index (χ0v) is 9.22. The summed E-state index contributed by atoms with van der Waals surface area (Å²) in [6, 6.07) is 12.8. The molecule has 16 heavy (non-hydrogen) atoms. The zero-order chi connectivity index (χ0) is 11.1. The Morgan fingerprint density at radius 2 is 1.88 bits per heavy atom. The largest absolute Gasteiger partial charge is 0.249 e. The van der Waals surface area contributed by atoms with Gasteiger partial charge in [-0.15, -0.1) is 0 Å². The van der Waals surface area contributed by atoms with Gasteiger partial charge in [0.15, 0.2) is 11.0 Å². The van der Waals surface area contributed by atoms with Gasteiger partial charge in [-0.25, -0.2) is 9.13 Å². The van der Waals surface area contributed by atoms with Gasteiger partial charge in [-0.05, 0) is 22.9 Å². The van der Waals surface area contributed by atoms with Crippen LogP contribution in [0, 0.1) is 0 Å². The van der Waals surface area contributed by atoms with Gasteiger partial charge in [0, 0.05) is 0 Å². The molecular weight excluding hydrogens is 196 g/mol. The van der Waals surface area contributed by atoms with Crippen molar-refractivity contribution in [1.82, 2.24) is 4.57 Å². The average molecular weight is 209 g/mol. The van der Waals surface area contributed by atoms with Crippen molar-refractivity contribution >= 4 is 28.0 Å². The molecule has 0 saturated heterocycles. The van der Waals surface area contributed by atoms with Crippen molar-refractivity contribution < 1.29 is 4.57 Å². The number of benzene rings is 2. The van der Waals surface area contributed by atoms with Gasteiger partial charge >= 0.3 is 0 Å². The van der Waals surface area contributed by atoms with Crippen LogP contribution in [-0.2, 0) is 7.05 Å². The monoisotopic (exact) mass is 209 g/mol. The van der Waals surface area contributed by atoms with E-state index in [9.17, 15) is 0 Å². The molecule has 0 atom stereocenters. The van der Waals surface area contributed by atoms with Crippen LogP contribution >= 0.6 is 0 Å². The van der Waals surface area contributed by atoms with Gasteiger partial charge in [-0.3, -0.25) is 0 Å². The van der Waals surface area contributed by atoms with Crippen LogP contribution in [0.1, 0.15) is 0 Å². The van der Waals surface area contributed by atoms with Gasteiger partial charge in [0.05, 0.1) is 13.2 Å². The Morgan fingerprint density at radius 3 is 2.56 bits per heavy atom. The van der Waals surface area contributed by atoms with E-state index >= 15 is 0 Å². The zero-order valence-electron chi connectivity index (χ0n) is 9.22. The Bertz CT molecular complexity index is 692. The molecule has 1 aromatic heterocycles. The SMILES string of the molecule is C=Cn1c[n+](C)c2cc3ccccc3cc21. The Morgan fingerprint density at radius 1 is 1.19 bits per heavy atom. The average Bonchev–Trinajstić information content (AvgIpc) is 2.63. The molecule has 2 aromatic carbocycles. The third kappa shape index (κ3) is 1.16. The second kappa shape index (κ2) is 3.20. The summed E-state index contributed by atoms with van der Waals surface area (Å²) in [7, 11) is 2.05. The minimum Gasteiger partial charge on any atom is -0.232 e. The van der Waals surface area contributed by atoms with Gasteiger partial charge in [-0.1, -0.05) is 30.8 Å². The van der Waals surface area contributed by atoms with E-state index in [0.29, 0.717) is 0 Å². The second-order valence-electron chi connectivity index (χ2n) is 4.00. The van der Waals surface area contributed by atoms with E-state index < -0.39 is 0 Å². The van der Waals surface area contributed by atoms with Crippen molar-refractivity contribution in [1.29, 1.82) is 0 Å². The molecule has 0 saturated carbocycles. The summed E-state index contributed by atoms with van der Waals surface area (Å²) >= 11 is 0. The van der Waals surface area contributed by atoms with E-state index in [2.05, 4.69) is 54.6 Å². The number of imidazole rings is 1.